The number of aliphatic hydroxyl groups excluding tert-OH is 2. The Bertz CT molecular complexity index is 85.8. The Morgan fingerprint density at radius 1 is 1.00 bits per heavy atom. The van der Waals surface area contributed by atoms with Gasteiger partial charge in [-0.15, -0.1) is 23.2 Å². The van der Waals surface area contributed by atoms with Crippen molar-refractivity contribution in [1.82, 2.24) is 0 Å². The molecule has 0 aromatic rings. The lowest BCUT2D eigenvalue weighted by Gasteiger charge is -2.16. The minimum atomic E-state index is -0.864. The molecule has 2 nitrogen and oxygen atoms in total. The second-order valence-electron chi connectivity index (χ2n) is 2.16. The van der Waals surface area contributed by atoms with E-state index in [9.17, 15) is 0 Å². The zero-order chi connectivity index (χ0) is 8.04. The summed E-state index contributed by atoms with van der Waals surface area (Å²) in [5, 5.41) is 16.9. The molecule has 0 rings (SSSR count). The van der Waals surface area contributed by atoms with Crippen molar-refractivity contribution < 1.29 is 10.2 Å². The lowest BCUT2D eigenvalue weighted by molar-refractivity contribution is 0.261. The van der Waals surface area contributed by atoms with Crippen LogP contribution in [0.5, 0.6) is 0 Å². The number of halogens is 2. The van der Waals surface area contributed by atoms with Gasteiger partial charge in [-0.1, -0.05) is 0 Å². The van der Waals surface area contributed by atoms with Gasteiger partial charge in [-0.3, -0.25) is 0 Å². The minimum absolute atomic E-state index is 0.0154. The van der Waals surface area contributed by atoms with Crippen molar-refractivity contribution in [3.05, 3.63) is 0 Å². The standard InChI is InChI=1S/C6H12Cl2O2/c7-6(8,3-5-10)2-1-4-9/h9-10H,1-5H2. The van der Waals surface area contributed by atoms with Crippen LogP contribution in [0.3, 0.4) is 0 Å². The molecule has 62 valence electrons. The second kappa shape index (κ2) is 5.19. The summed E-state index contributed by atoms with van der Waals surface area (Å²) in [6.45, 7) is 0.0745. The van der Waals surface area contributed by atoms with E-state index >= 15 is 0 Å². The summed E-state index contributed by atoms with van der Waals surface area (Å²) < 4.78 is -0.864. The van der Waals surface area contributed by atoms with Crippen molar-refractivity contribution in [2.24, 2.45) is 0 Å². The van der Waals surface area contributed by atoms with E-state index in [0.29, 0.717) is 19.3 Å². The number of aliphatic hydroxyl groups is 2. The van der Waals surface area contributed by atoms with Gasteiger partial charge in [0.1, 0.15) is 4.33 Å². The van der Waals surface area contributed by atoms with Gasteiger partial charge in [0.2, 0.25) is 0 Å². The summed E-state index contributed by atoms with van der Waals surface area (Å²) in [6, 6.07) is 0. The monoisotopic (exact) mass is 186 g/mol. The molecule has 0 aliphatic carbocycles. The average molecular weight is 187 g/mol. The summed E-state index contributed by atoms with van der Waals surface area (Å²) in [5.41, 5.74) is 0. The molecule has 0 bridgehead atoms. The number of alkyl halides is 2. The molecule has 0 spiro atoms. The topological polar surface area (TPSA) is 40.5 Å². The molecule has 0 amide bonds. The molecule has 0 radical (unpaired) electrons. The molecule has 0 aromatic carbocycles. The molecule has 4 heteroatoms. The first-order chi connectivity index (χ1) is 4.62. The van der Waals surface area contributed by atoms with Gasteiger partial charge in [-0.05, 0) is 12.8 Å². The fourth-order valence-electron chi connectivity index (χ4n) is 0.626. The summed E-state index contributed by atoms with van der Waals surface area (Å²) in [6.07, 6.45) is 1.45. The highest BCUT2D eigenvalue weighted by molar-refractivity contribution is 6.48. The fourth-order valence-corrected chi connectivity index (χ4v) is 1.06. The fraction of sp³-hybridized carbons (Fsp3) is 1.00. The Morgan fingerprint density at radius 3 is 2.00 bits per heavy atom. The van der Waals surface area contributed by atoms with Crippen molar-refractivity contribution in [3.8, 4) is 0 Å². The Kier molecular flexibility index (Phi) is 5.45. The van der Waals surface area contributed by atoms with Gasteiger partial charge >= 0.3 is 0 Å². The molecule has 0 aliphatic heterocycles. The van der Waals surface area contributed by atoms with E-state index in [1.54, 1.807) is 0 Å². The minimum Gasteiger partial charge on any atom is -0.396 e. The predicted molar refractivity (Wildman–Crippen MR) is 42.5 cm³/mol. The molecule has 0 fully saturated rings. The van der Waals surface area contributed by atoms with E-state index in [1.165, 1.54) is 0 Å². The third kappa shape index (κ3) is 5.30. The van der Waals surface area contributed by atoms with Crippen molar-refractivity contribution in [3.63, 3.8) is 0 Å². The zero-order valence-electron chi connectivity index (χ0n) is 5.69. The maximum atomic E-state index is 8.47. The van der Waals surface area contributed by atoms with Crippen LogP contribution in [-0.4, -0.2) is 27.8 Å². The van der Waals surface area contributed by atoms with Gasteiger partial charge in [-0.2, -0.15) is 0 Å². The van der Waals surface area contributed by atoms with E-state index in [0.717, 1.165) is 0 Å². The summed E-state index contributed by atoms with van der Waals surface area (Å²) >= 11 is 11.4. The molecular weight excluding hydrogens is 175 g/mol. The molecular formula is C6H12Cl2O2. The normalized spacial score (nSPS) is 12.0. The van der Waals surface area contributed by atoms with Gasteiger partial charge in [0.15, 0.2) is 0 Å². The Morgan fingerprint density at radius 2 is 1.60 bits per heavy atom. The van der Waals surface area contributed by atoms with Gasteiger partial charge in [0.25, 0.3) is 0 Å². The van der Waals surface area contributed by atoms with E-state index in [4.69, 9.17) is 33.4 Å². The van der Waals surface area contributed by atoms with E-state index in [1.807, 2.05) is 0 Å². The molecule has 2 N–H and O–H groups in total. The Labute approximate surface area is 70.8 Å². The van der Waals surface area contributed by atoms with Crippen LogP contribution in [0.25, 0.3) is 0 Å². The molecule has 0 saturated carbocycles. The highest BCUT2D eigenvalue weighted by Crippen LogP contribution is 2.29. The third-order valence-corrected chi connectivity index (χ3v) is 1.93. The van der Waals surface area contributed by atoms with Crippen molar-refractivity contribution in [2.45, 2.75) is 23.6 Å². The van der Waals surface area contributed by atoms with Crippen LogP contribution in [0, 0.1) is 0 Å². The van der Waals surface area contributed by atoms with Crippen LogP contribution in [0.4, 0.5) is 0 Å². The first-order valence-electron chi connectivity index (χ1n) is 3.22. The number of hydrogen-bond donors (Lipinski definition) is 2. The zero-order valence-corrected chi connectivity index (χ0v) is 7.20. The number of hydrogen-bond acceptors (Lipinski definition) is 2. The van der Waals surface area contributed by atoms with Gasteiger partial charge < -0.3 is 10.2 Å². The molecule has 10 heavy (non-hydrogen) atoms. The Balaban J connectivity index is 3.42. The third-order valence-electron chi connectivity index (χ3n) is 1.18. The van der Waals surface area contributed by atoms with Crippen LogP contribution >= 0.6 is 23.2 Å². The van der Waals surface area contributed by atoms with E-state index < -0.39 is 4.33 Å². The molecule has 0 aliphatic rings. The highest BCUT2D eigenvalue weighted by Gasteiger charge is 2.21. The maximum Gasteiger partial charge on any atom is 0.120 e. The Hall–Kier alpha value is 0.500. The molecule has 0 heterocycles. The second-order valence-corrected chi connectivity index (χ2v) is 3.80. The molecule has 0 saturated heterocycles. The first kappa shape index (κ1) is 10.5. The lowest BCUT2D eigenvalue weighted by Crippen LogP contribution is -2.15. The quantitative estimate of drug-likeness (QED) is 0.637. The highest BCUT2D eigenvalue weighted by atomic mass is 35.5. The summed E-state index contributed by atoms with van der Waals surface area (Å²) in [5.74, 6) is 0. The lowest BCUT2D eigenvalue weighted by atomic mass is 10.2. The predicted octanol–water partition coefficient (Wildman–Crippen LogP) is 1.32. The van der Waals surface area contributed by atoms with Gasteiger partial charge in [0.05, 0.1) is 0 Å². The van der Waals surface area contributed by atoms with E-state index in [2.05, 4.69) is 0 Å². The summed E-state index contributed by atoms with van der Waals surface area (Å²) in [4.78, 5) is 0. The maximum absolute atomic E-state index is 8.47. The van der Waals surface area contributed by atoms with Gasteiger partial charge in [0, 0.05) is 19.6 Å². The largest absolute Gasteiger partial charge is 0.396 e. The van der Waals surface area contributed by atoms with Crippen molar-refractivity contribution in [2.75, 3.05) is 13.2 Å². The molecule has 0 unspecified atom stereocenters. The van der Waals surface area contributed by atoms with Crippen molar-refractivity contribution in [1.29, 1.82) is 0 Å². The first-order valence-corrected chi connectivity index (χ1v) is 3.97. The number of rotatable bonds is 5. The van der Waals surface area contributed by atoms with Crippen molar-refractivity contribution >= 4 is 23.2 Å². The SMILES string of the molecule is OCCCC(Cl)(Cl)CCO. The van der Waals surface area contributed by atoms with Gasteiger partial charge in [-0.25, -0.2) is 0 Å². The summed E-state index contributed by atoms with van der Waals surface area (Å²) in [7, 11) is 0. The van der Waals surface area contributed by atoms with Crippen LogP contribution in [0.1, 0.15) is 19.3 Å². The van der Waals surface area contributed by atoms with Crippen LogP contribution < -0.4 is 0 Å². The molecule has 0 aromatic heterocycles. The van der Waals surface area contributed by atoms with E-state index in [-0.39, 0.29) is 13.2 Å². The average Bonchev–Trinajstić information content (AvgIpc) is 1.84. The smallest absolute Gasteiger partial charge is 0.120 e. The van der Waals surface area contributed by atoms with Crippen LogP contribution in [0.2, 0.25) is 0 Å². The van der Waals surface area contributed by atoms with Crippen LogP contribution in [0.15, 0.2) is 0 Å². The molecule has 0 atom stereocenters. The van der Waals surface area contributed by atoms with Crippen LogP contribution in [-0.2, 0) is 0 Å².